The lowest BCUT2D eigenvalue weighted by molar-refractivity contribution is -0.394. The Hall–Kier alpha value is -2.51. The van der Waals surface area contributed by atoms with Crippen LogP contribution in [0.5, 0.6) is 0 Å². The number of nitro groups is 2. The minimum atomic E-state index is -0.771. The van der Waals surface area contributed by atoms with Crippen molar-refractivity contribution < 1.29 is 19.4 Å². The van der Waals surface area contributed by atoms with Crippen molar-refractivity contribution in [3.63, 3.8) is 0 Å². The third-order valence-electron chi connectivity index (χ3n) is 3.72. The molecule has 0 aliphatic heterocycles. The molecule has 0 heterocycles. The van der Waals surface area contributed by atoms with Crippen molar-refractivity contribution in [2.75, 3.05) is 0 Å². The minimum absolute atomic E-state index is 0.167. The van der Waals surface area contributed by atoms with E-state index in [9.17, 15) is 25.0 Å². The molecular formula is C14H16N2O6. The Bertz CT molecular complexity index is 583. The number of esters is 1. The Morgan fingerprint density at radius 1 is 1.14 bits per heavy atom. The zero-order valence-corrected chi connectivity index (χ0v) is 12.1. The molecule has 0 aromatic heterocycles. The molecule has 0 N–H and O–H groups in total. The van der Waals surface area contributed by atoms with E-state index in [1.54, 1.807) is 0 Å². The van der Waals surface area contributed by atoms with Crippen molar-refractivity contribution in [3.8, 4) is 0 Å². The van der Waals surface area contributed by atoms with Gasteiger partial charge in [-0.1, -0.05) is 13.3 Å². The van der Waals surface area contributed by atoms with Crippen LogP contribution in [0.15, 0.2) is 18.2 Å². The fraction of sp³-hybridized carbons (Fsp3) is 0.500. The van der Waals surface area contributed by atoms with Gasteiger partial charge in [0.15, 0.2) is 0 Å². The average Bonchev–Trinajstić information content (AvgIpc) is 2.46. The van der Waals surface area contributed by atoms with Crippen LogP contribution in [0, 0.1) is 26.1 Å². The maximum atomic E-state index is 12.1. The Kier molecular flexibility index (Phi) is 4.69. The second-order valence-electron chi connectivity index (χ2n) is 5.55. The molecule has 118 valence electrons. The first-order valence-corrected chi connectivity index (χ1v) is 7.01. The number of benzene rings is 1. The van der Waals surface area contributed by atoms with E-state index in [2.05, 4.69) is 6.92 Å². The van der Waals surface area contributed by atoms with E-state index in [-0.39, 0.29) is 11.7 Å². The molecule has 1 aromatic rings. The molecule has 2 unspecified atom stereocenters. The molecule has 0 radical (unpaired) electrons. The normalized spacial score (nSPS) is 21.1. The molecule has 0 spiro atoms. The maximum absolute atomic E-state index is 12.1. The van der Waals surface area contributed by atoms with Gasteiger partial charge in [0.1, 0.15) is 6.10 Å². The van der Waals surface area contributed by atoms with Gasteiger partial charge in [-0.2, -0.15) is 0 Å². The summed E-state index contributed by atoms with van der Waals surface area (Å²) in [6.07, 6.45) is 3.27. The molecule has 1 saturated carbocycles. The van der Waals surface area contributed by atoms with E-state index in [4.69, 9.17) is 4.74 Å². The summed E-state index contributed by atoms with van der Waals surface area (Å²) in [5.74, 6) is -0.308. The van der Waals surface area contributed by atoms with Gasteiger partial charge < -0.3 is 4.74 Å². The third kappa shape index (κ3) is 3.78. The van der Waals surface area contributed by atoms with Gasteiger partial charge in [-0.25, -0.2) is 4.79 Å². The molecule has 2 rings (SSSR count). The van der Waals surface area contributed by atoms with Crippen molar-refractivity contribution in [1.82, 2.24) is 0 Å². The highest BCUT2D eigenvalue weighted by molar-refractivity contribution is 5.91. The Labute approximate surface area is 126 Å². The first-order valence-electron chi connectivity index (χ1n) is 7.01. The number of carbonyl (C=O) groups excluding carboxylic acids is 1. The fourth-order valence-electron chi connectivity index (χ4n) is 2.63. The number of hydrogen-bond donors (Lipinski definition) is 0. The SMILES string of the molecule is CC1CCCC(OC(=O)c2cc([N+](=O)[O-])cc([N+](=O)[O-])c2)C1. The zero-order chi connectivity index (χ0) is 16.3. The number of ether oxygens (including phenoxy) is 1. The van der Waals surface area contributed by atoms with Crippen LogP contribution in [0.25, 0.3) is 0 Å². The van der Waals surface area contributed by atoms with E-state index in [0.29, 0.717) is 5.92 Å². The minimum Gasteiger partial charge on any atom is -0.459 e. The largest absolute Gasteiger partial charge is 0.459 e. The van der Waals surface area contributed by atoms with E-state index >= 15 is 0 Å². The van der Waals surface area contributed by atoms with Gasteiger partial charge in [-0.3, -0.25) is 20.2 Å². The topological polar surface area (TPSA) is 113 Å². The second kappa shape index (κ2) is 6.50. The first kappa shape index (κ1) is 15.9. The molecule has 8 heteroatoms. The quantitative estimate of drug-likeness (QED) is 0.479. The van der Waals surface area contributed by atoms with Gasteiger partial charge in [-0.15, -0.1) is 0 Å². The zero-order valence-electron chi connectivity index (χ0n) is 12.1. The Morgan fingerprint density at radius 2 is 1.73 bits per heavy atom. The van der Waals surface area contributed by atoms with E-state index in [0.717, 1.165) is 43.9 Å². The Balaban J connectivity index is 2.21. The molecular weight excluding hydrogens is 292 g/mol. The van der Waals surface area contributed by atoms with Crippen molar-refractivity contribution in [2.24, 2.45) is 5.92 Å². The van der Waals surface area contributed by atoms with Crippen LogP contribution in [0.4, 0.5) is 11.4 Å². The molecule has 0 bridgehead atoms. The van der Waals surface area contributed by atoms with Gasteiger partial charge >= 0.3 is 5.97 Å². The monoisotopic (exact) mass is 308 g/mol. The number of rotatable bonds is 4. The van der Waals surface area contributed by atoms with Crippen LogP contribution in [-0.4, -0.2) is 21.9 Å². The summed E-state index contributed by atoms with van der Waals surface area (Å²) < 4.78 is 5.33. The fourth-order valence-corrected chi connectivity index (χ4v) is 2.63. The van der Waals surface area contributed by atoms with Crippen LogP contribution in [0.3, 0.4) is 0 Å². The van der Waals surface area contributed by atoms with Crippen LogP contribution in [-0.2, 0) is 4.74 Å². The first-order chi connectivity index (χ1) is 10.4. The highest BCUT2D eigenvalue weighted by Gasteiger charge is 2.25. The van der Waals surface area contributed by atoms with Gasteiger partial charge in [0, 0.05) is 12.1 Å². The Morgan fingerprint density at radius 3 is 2.23 bits per heavy atom. The summed E-state index contributed by atoms with van der Waals surface area (Å²) in [6, 6.07) is 2.82. The predicted molar refractivity (Wildman–Crippen MR) is 76.6 cm³/mol. The highest BCUT2D eigenvalue weighted by Crippen LogP contribution is 2.28. The molecule has 22 heavy (non-hydrogen) atoms. The summed E-state index contributed by atoms with van der Waals surface area (Å²) in [7, 11) is 0. The molecule has 0 amide bonds. The molecule has 1 aliphatic rings. The molecule has 2 atom stereocenters. The van der Waals surface area contributed by atoms with Gasteiger partial charge in [0.05, 0.1) is 21.5 Å². The number of nitro benzene ring substituents is 2. The predicted octanol–water partition coefficient (Wildman–Crippen LogP) is 3.24. The van der Waals surface area contributed by atoms with Crippen LogP contribution in [0.2, 0.25) is 0 Å². The smallest absolute Gasteiger partial charge is 0.338 e. The van der Waals surface area contributed by atoms with Crippen LogP contribution in [0.1, 0.15) is 43.0 Å². The van der Waals surface area contributed by atoms with E-state index in [1.807, 2.05) is 0 Å². The number of hydrogen-bond acceptors (Lipinski definition) is 6. The van der Waals surface area contributed by atoms with Crippen molar-refractivity contribution >= 4 is 17.3 Å². The maximum Gasteiger partial charge on any atom is 0.338 e. The summed E-state index contributed by atoms with van der Waals surface area (Å²) in [5.41, 5.74) is -1.17. The number of nitrogens with zero attached hydrogens (tertiary/aromatic N) is 2. The number of non-ortho nitro benzene ring substituents is 2. The van der Waals surface area contributed by atoms with Gasteiger partial charge in [0.25, 0.3) is 11.4 Å². The highest BCUT2D eigenvalue weighted by atomic mass is 16.6. The molecule has 1 aromatic carbocycles. The van der Waals surface area contributed by atoms with Crippen LogP contribution < -0.4 is 0 Å². The van der Waals surface area contributed by atoms with E-state index < -0.39 is 27.2 Å². The molecule has 0 saturated heterocycles. The van der Waals surface area contributed by atoms with Gasteiger partial charge in [-0.05, 0) is 25.2 Å². The number of carbonyl (C=O) groups is 1. The van der Waals surface area contributed by atoms with Gasteiger partial charge in [0.2, 0.25) is 0 Å². The van der Waals surface area contributed by atoms with Crippen molar-refractivity contribution in [3.05, 3.63) is 44.0 Å². The standard InChI is InChI=1S/C14H16N2O6/c1-9-3-2-4-13(5-9)22-14(17)10-6-11(15(18)19)8-12(7-10)16(20)21/h6-9,13H,2-5H2,1H3. The van der Waals surface area contributed by atoms with Crippen molar-refractivity contribution in [2.45, 2.75) is 38.7 Å². The average molecular weight is 308 g/mol. The molecule has 1 aliphatic carbocycles. The summed E-state index contributed by atoms with van der Waals surface area (Å²) in [4.78, 5) is 32.2. The van der Waals surface area contributed by atoms with Crippen molar-refractivity contribution in [1.29, 1.82) is 0 Å². The third-order valence-corrected chi connectivity index (χ3v) is 3.72. The lowest BCUT2D eigenvalue weighted by Crippen LogP contribution is -2.24. The molecule has 8 nitrogen and oxygen atoms in total. The second-order valence-corrected chi connectivity index (χ2v) is 5.55. The van der Waals surface area contributed by atoms with E-state index in [1.165, 1.54) is 0 Å². The summed E-state index contributed by atoms with van der Waals surface area (Å²) >= 11 is 0. The summed E-state index contributed by atoms with van der Waals surface area (Å²) in [5, 5.41) is 21.6. The summed E-state index contributed by atoms with van der Waals surface area (Å²) in [6.45, 7) is 2.07. The lowest BCUT2D eigenvalue weighted by Gasteiger charge is -2.26. The lowest BCUT2D eigenvalue weighted by atomic mass is 9.89. The molecule has 1 fully saturated rings. The van der Waals surface area contributed by atoms with Crippen LogP contribution >= 0.6 is 0 Å².